The summed E-state index contributed by atoms with van der Waals surface area (Å²) in [4.78, 5) is 31.0. The SMILES string of the molecule is Cn1nccc1CNc1nc2c([nH]1)c(=O)n(C)c(=O)n2C. The molecule has 0 saturated carbocycles. The van der Waals surface area contributed by atoms with Gasteiger partial charge in [0.2, 0.25) is 5.95 Å². The van der Waals surface area contributed by atoms with E-state index in [0.29, 0.717) is 23.7 Å². The molecule has 0 amide bonds. The van der Waals surface area contributed by atoms with Gasteiger partial charge in [0, 0.05) is 27.3 Å². The van der Waals surface area contributed by atoms with Crippen LogP contribution in [0.15, 0.2) is 21.9 Å². The quantitative estimate of drug-likeness (QED) is 0.664. The Bertz CT molecular complexity index is 927. The summed E-state index contributed by atoms with van der Waals surface area (Å²) in [7, 11) is 4.86. The maximum Gasteiger partial charge on any atom is 0.332 e. The van der Waals surface area contributed by atoms with Crippen molar-refractivity contribution in [2.45, 2.75) is 6.54 Å². The van der Waals surface area contributed by atoms with Gasteiger partial charge in [0.25, 0.3) is 5.56 Å². The summed E-state index contributed by atoms with van der Waals surface area (Å²) >= 11 is 0. The highest BCUT2D eigenvalue weighted by Gasteiger charge is 2.13. The van der Waals surface area contributed by atoms with Crippen LogP contribution in [0, 0.1) is 0 Å². The molecule has 3 rings (SSSR count). The Kier molecular flexibility index (Phi) is 2.89. The van der Waals surface area contributed by atoms with Crippen LogP contribution in [0.4, 0.5) is 5.95 Å². The van der Waals surface area contributed by atoms with E-state index in [1.807, 2.05) is 13.1 Å². The molecule has 0 spiro atoms. The van der Waals surface area contributed by atoms with Crippen molar-refractivity contribution < 1.29 is 0 Å². The number of nitrogens with one attached hydrogen (secondary N) is 2. The van der Waals surface area contributed by atoms with Gasteiger partial charge in [0.1, 0.15) is 0 Å². The van der Waals surface area contributed by atoms with Crippen LogP contribution in [-0.2, 0) is 27.7 Å². The zero-order chi connectivity index (χ0) is 15.1. The van der Waals surface area contributed by atoms with E-state index < -0.39 is 11.2 Å². The van der Waals surface area contributed by atoms with Gasteiger partial charge in [-0.05, 0) is 6.07 Å². The van der Waals surface area contributed by atoms with E-state index in [0.717, 1.165) is 10.3 Å². The van der Waals surface area contributed by atoms with Gasteiger partial charge in [0.05, 0.1) is 12.2 Å². The molecule has 0 aliphatic rings. The van der Waals surface area contributed by atoms with E-state index in [1.54, 1.807) is 17.9 Å². The molecule has 21 heavy (non-hydrogen) atoms. The number of nitrogens with zero attached hydrogens (tertiary/aromatic N) is 5. The van der Waals surface area contributed by atoms with Crippen LogP contribution in [0.25, 0.3) is 11.2 Å². The Labute approximate surface area is 118 Å². The van der Waals surface area contributed by atoms with Crippen molar-refractivity contribution in [2.75, 3.05) is 5.32 Å². The number of aromatic nitrogens is 6. The summed E-state index contributed by atoms with van der Waals surface area (Å²) in [6.07, 6.45) is 1.70. The molecule has 9 nitrogen and oxygen atoms in total. The summed E-state index contributed by atoms with van der Waals surface area (Å²) in [6.45, 7) is 0.505. The van der Waals surface area contributed by atoms with Gasteiger partial charge in [-0.1, -0.05) is 0 Å². The average Bonchev–Trinajstić information content (AvgIpc) is 3.07. The van der Waals surface area contributed by atoms with Gasteiger partial charge in [-0.15, -0.1) is 0 Å². The van der Waals surface area contributed by atoms with Crippen molar-refractivity contribution in [1.29, 1.82) is 0 Å². The number of fused-ring (bicyclic) bond motifs is 1. The lowest BCUT2D eigenvalue weighted by atomic mass is 10.4. The smallest absolute Gasteiger partial charge is 0.332 e. The largest absolute Gasteiger partial charge is 0.350 e. The first kappa shape index (κ1) is 13.2. The maximum atomic E-state index is 12.0. The van der Waals surface area contributed by atoms with Gasteiger partial charge in [0.15, 0.2) is 11.2 Å². The molecule has 2 N–H and O–H groups in total. The first-order valence-corrected chi connectivity index (χ1v) is 6.35. The zero-order valence-electron chi connectivity index (χ0n) is 11.9. The van der Waals surface area contributed by atoms with Gasteiger partial charge in [-0.3, -0.25) is 18.6 Å². The van der Waals surface area contributed by atoms with Crippen molar-refractivity contribution in [2.24, 2.45) is 21.1 Å². The minimum absolute atomic E-state index is 0.298. The minimum atomic E-state index is -0.405. The normalized spacial score (nSPS) is 11.2. The van der Waals surface area contributed by atoms with Crippen molar-refractivity contribution in [3.05, 3.63) is 38.8 Å². The Balaban J connectivity index is 2.00. The fraction of sp³-hybridized carbons (Fsp3) is 0.333. The number of hydrogen-bond acceptors (Lipinski definition) is 5. The monoisotopic (exact) mass is 289 g/mol. The highest BCUT2D eigenvalue weighted by molar-refractivity contribution is 5.72. The molecule has 3 aromatic heterocycles. The van der Waals surface area contributed by atoms with Crippen LogP contribution in [0.2, 0.25) is 0 Å². The second-order valence-electron chi connectivity index (χ2n) is 4.79. The van der Waals surface area contributed by atoms with Crippen molar-refractivity contribution in [3.63, 3.8) is 0 Å². The van der Waals surface area contributed by atoms with Crippen molar-refractivity contribution in [3.8, 4) is 0 Å². The molecule has 0 radical (unpaired) electrons. The van der Waals surface area contributed by atoms with E-state index in [2.05, 4.69) is 20.4 Å². The maximum absolute atomic E-state index is 12.0. The molecule has 0 fully saturated rings. The predicted molar refractivity (Wildman–Crippen MR) is 77.1 cm³/mol. The molecule has 9 heteroatoms. The lowest BCUT2D eigenvalue weighted by molar-refractivity contribution is 0.708. The lowest BCUT2D eigenvalue weighted by Crippen LogP contribution is -2.36. The highest BCUT2D eigenvalue weighted by Crippen LogP contribution is 2.09. The summed E-state index contributed by atoms with van der Waals surface area (Å²) in [5, 5.41) is 7.15. The first-order valence-electron chi connectivity index (χ1n) is 6.35. The first-order chi connectivity index (χ1) is 9.99. The molecule has 0 atom stereocenters. The van der Waals surface area contributed by atoms with E-state index in [4.69, 9.17) is 0 Å². The Morgan fingerprint density at radius 2 is 2.00 bits per heavy atom. The van der Waals surface area contributed by atoms with Gasteiger partial charge < -0.3 is 10.3 Å². The molecular weight excluding hydrogens is 274 g/mol. The topological polar surface area (TPSA) is 103 Å². The van der Waals surface area contributed by atoms with Gasteiger partial charge in [-0.25, -0.2) is 4.79 Å². The molecule has 110 valence electrons. The molecule has 0 bridgehead atoms. The second-order valence-corrected chi connectivity index (χ2v) is 4.79. The van der Waals surface area contributed by atoms with Crippen LogP contribution >= 0.6 is 0 Å². The summed E-state index contributed by atoms with van der Waals surface area (Å²) in [6, 6.07) is 1.88. The number of aromatic amines is 1. The molecular formula is C12H15N7O2. The molecule has 0 unspecified atom stereocenters. The number of hydrogen-bond donors (Lipinski definition) is 2. The Hall–Kier alpha value is -2.84. The molecule has 0 aromatic carbocycles. The third-order valence-corrected chi connectivity index (χ3v) is 3.45. The third-order valence-electron chi connectivity index (χ3n) is 3.45. The number of anilines is 1. The van der Waals surface area contributed by atoms with Crippen LogP contribution in [-0.4, -0.2) is 28.9 Å². The van der Waals surface area contributed by atoms with Crippen molar-refractivity contribution in [1.82, 2.24) is 28.9 Å². The number of imidazole rings is 1. The minimum Gasteiger partial charge on any atom is -0.350 e. The van der Waals surface area contributed by atoms with E-state index in [-0.39, 0.29) is 0 Å². The lowest BCUT2D eigenvalue weighted by Gasteiger charge is -2.02. The molecule has 3 heterocycles. The van der Waals surface area contributed by atoms with Crippen molar-refractivity contribution >= 4 is 17.1 Å². The van der Waals surface area contributed by atoms with Gasteiger partial charge in [-0.2, -0.15) is 10.1 Å². The van der Waals surface area contributed by atoms with E-state index >= 15 is 0 Å². The number of rotatable bonds is 3. The molecule has 0 saturated heterocycles. The Morgan fingerprint density at radius 3 is 2.67 bits per heavy atom. The molecule has 0 aliphatic heterocycles. The van der Waals surface area contributed by atoms with Crippen LogP contribution in [0.5, 0.6) is 0 Å². The number of aryl methyl sites for hydroxylation is 2. The molecule has 3 aromatic rings. The zero-order valence-corrected chi connectivity index (χ0v) is 11.9. The van der Waals surface area contributed by atoms with Crippen LogP contribution in [0.3, 0.4) is 0 Å². The summed E-state index contributed by atoms with van der Waals surface area (Å²) < 4.78 is 4.12. The van der Waals surface area contributed by atoms with E-state index in [9.17, 15) is 9.59 Å². The summed E-state index contributed by atoms with van der Waals surface area (Å²) in [5.74, 6) is 0.435. The fourth-order valence-corrected chi connectivity index (χ4v) is 2.16. The fourth-order valence-electron chi connectivity index (χ4n) is 2.16. The number of H-pyrrole nitrogens is 1. The Morgan fingerprint density at radius 1 is 1.24 bits per heavy atom. The molecule has 0 aliphatic carbocycles. The van der Waals surface area contributed by atoms with Crippen LogP contribution < -0.4 is 16.6 Å². The third kappa shape index (κ3) is 2.02. The second kappa shape index (κ2) is 4.62. The van der Waals surface area contributed by atoms with Gasteiger partial charge >= 0.3 is 5.69 Å². The van der Waals surface area contributed by atoms with Crippen LogP contribution in [0.1, 0.15) is 5.69 Å². The average molecular weight is 289 g/mol. The van der Waals surface area contributed by atoms with E-state index in [1.165, 1.54) is 11.6 Å². The predicted octanol–water partition coefficient (Wildman–Crippen LogP) is -0.694. The standard InChI is InChI=1S/C12H15N7O2/c1-17-9-8(10(20)18(2)12(17)21)15-11(16-9)13-6-7-4-5-14-19(7)3/h4-5H,6H2,1-3H3,(H2,13,15,16). The summed E-state index contributed by atoms with van der Waals surface area (Å²) in [5.41, 5.74) is 0.798. The highest BCUT2D eigenvalue weighted by atomic mass is 16.2.